The molecule has 0 atom stereocenters. The Morgan fingerprint density at radius 2 is 1.81 bits per heavy atom. The summed E-state index contributed by atoms with van der Waals surface area (Å²) in [6.07, 6.45) is 0. The largest absolute Gasteiger partial charge is 0.329 e. The molecule has 1 fully saturated rings. The lowest BCUT2D eigenvalue weighted by Crippen LogP contribution is -2.27. The van der Waals surface area contributed by atoms with Gasteiger partial charge in [0, 0.05) is 23.4 Å². The van der Waals surface area contributed by atoms with E-state index in [1.54, 1.807) is 36.0 Å². The third-order valence-electron chi connectivity index (χ3n) is 2.58. The Labute approximate surface area is 98.8 Å². The molecule has 1 saturated heterocycles. The first-order valence-electron chi connectivity index (χ1n) is 5.16. The monoisotopic (exact) mass is 235 g/mol. The summed E-state index contributed by atoms with van der Waals surface area (Å²) in [4.78, 5) is 24.9. The summed E-state index contributed by atoms with van der Waals surface area (Å²) in [6, 6.07) is 6.86. The number of nitrogens with zero attached hydrogens (tertiary/aromatic N) is 1. The van der Waals surface area contributed by atoms with Crippen LogP contribution in [0.15, 0.2) is 24.3 Å². The molecule has 4 heteroatoms. The lowest BCUT2D eigenvalue weighted by molar-refractivity contribution is 0.0802. The van der Waals surface area contributed by atoms with Crippen molar-refractivity contribution in [2.45, 2.75) is 6.92 Å². The Morgan fingerprint density at radius 1 is 1.19 bits per heavy atom. The molecule has 1 amide bonds. The molecule has 1 aliphatic heterocycles. The second-order valence-electron chi connectivity index (χ2n) is 3.74. The molecule has 1 aromatic carbocycles. The molecule has 2 rings (SSSR count). The Balaban J connectivity index is 2.14. The molecule has 3 nitrogen and oxygen atoms in total. The highest BCUT2D eigenvalue weighted by Crippen LogP contribution is 2.17. The van der Waals surface area contributed by atoms with Crippen LogP contribution in [0.2, 0.25) is 0 Å². The number of rotatable bonds is 2. The Hall–Kier alpha value is -1.29. The zero-order valence-corrected chi connectivity index (χ0v) is 9.92. The van der Waals surface area contributed by atoms with E-state index in [0.29, 0.717) is 11.1 Å². The second-order valence-corrected chi connectivity index (χ2v) is 4.81. The SMILES string of the molecule is CC(=O)c1ccc(C(=O)N2CCSC2)cc1. The van der Waals surface area contributed by atoms with Gasteiger partial charge in [-0.25, -0.2) is 0 Å². The molecular weight excluding hydrogens is 222 g/mol. The Kier molecular flexibility index (Phi) is 3.29. The number of carbonyl (C=O) groups is 2. The average molecular weight is 235 g/mol. The molecule has 0 N–H and O–H groups in total. The van der Waals surface area contributed by atoms with Gasteiger partial charge in [-0.05, 0) is 19.1 Å². The first kappa shape index (κ1) is 11.2. The number of Topliss-reactive ketones (excluding diaryl/α,β-unsaturated/α-hetero) is 1. The molecule has 1 aromatic rings. The fourth-order valence-corrected chi connectivity index (χ4v) is 2.55. The quantitative estimate of drug-likeness (QED) is 0.736. The minimum Gasteiger partial charge on any atom is -0.329 e. The summed E-state index contributed by atoms with van der Waals surface area (Å²) in [5.74, 6) is 1.86. The van der Waals surface area contributed by atoms with Crippen LogP contribution in [-0.2, 0) is 0 Å². The Bertz CT molecular complexity index is 408. The first-order chi connectivity index (χ1) is 7.68. The van der Waals surface area contributed by atoms with Gasteiger partial charge in [-0.1, -0.05) is 12.1 Å². The standard InChI is InChI=1S/C12H13NO2S/c1-9(14)10-2-4-11(5-3-10)12(15)13-6-7-16-8-13/h2-5H,6-8H2,1H3. The van der Waals surface area contributed by atoms with Crippen molar-refractivity contribution in [1.29, 1.82) is 0 Å². The van der Waals surface area contributed by atoms with Gasteiger partial charge in [0.1, 0.15) is 0 Å². The van der Waals surface area contributed by atoms with E-state index in [2.05, 4.69) is 0 Å². The molecule has 0 aliphatic carbocycles. The highest BCUT2D eigenvalue weighted by molar-refractivity contribution is 7.99. The minimum absolute atomic E-state index is 0.0238. The number of ketones is 1. The number of amides is 1. The molecule has 0 spiro atoms. The zero-order valence-electron chi connectivity index (χ0n) is 9.10. The molecule has 0 saturated carbocycles. The van der Waals surface area contributed by atoms with E-state index < -0.39 is 0 Å². The maximum absolute atomic E-state index is 12.0. The predicted octanol–water partition coefficient (Wildman–Crippen LogP) is 2.04. The summed E-state index contributed by atoms with van der Waals surface area (Å²) in [5, 5.41) is 0. The fraction of sp³-hybridized carbons (Fsp3) is 0.333. The Morgan fingerprint density at radius 3 is 2.31 bits per heavy atom. The van der Waals surface area contributed by atoms with Gasteiger partial charge in [-0.15, -0.1) is 11.8 Å². The van der Waals surface area contributed by atoms with E-state index in [1.165, 1.54) is 6.92 Å². The van der Waals surface area contributed by atoms with Gasteiger partial charge in [-0.2, -0.15) is 0 Å². The van der Waals surface area contributed by atoms with Gasteiger partial charge < -0.3 is 4.90 Å². The normalized spacial score (nSPS) is 15.2. The van der Waals surface area contributed by atoms with Gasteiger partial charge in [0.25, 0.3) is 5.91 Å². The third kappa shape index (κ3) is 2.27. The van der Waals surface area contributed by atoms with Crippen LogP contribution in [0.1, 0.15) is 27.6 Å². The maximum atomic E-state index is 12.0. The van der Waals surface area contributed by atoms with Crippen molar-refractivity contribution in [3.05, 3.63) is 35.4 Å². The molecule has 1 aliphatic rings. The molecule has 0 bridgehead atoms. The predicted molar refractivity (Wildman–Crippen MR) is 64.8 cm³/mol. The maximum Gasteiger partial charge on any atom is 0.254 e. The topological polar surface area (TPSA) is 37.4 Å². The van der Waals surface area contributed by atoms with E-state index in [-0.39, 0.29) is 11.7 Å². The van der Waals surface area contributed by atoms with E-state index >= 15 is 0 Å². The first-order valence-corrected chi connectivity index (χ1v) is 6.32. The van der Waals surface area contributed by atoms with Crippen molar-refractivity contribution in [1.82, 2.24) is 4.90 Å². The van der Waals surface area contributed by atoms with Gasteiger partial charge in [0.05, 0.1) is 5.88 Å². The van der Waals surface area contributed by atoms with Crippen molar-refractivity contribution in [3.63, 3.8) is 0 Å². The van der Waals surface area contributed by atoms with Crippen LogP contribution < -0.4 is 0 Å². The summed E-state index contributed by atoms with van der Waals surface area (Å²) in [6.45, 7) is 2.34. The van der Waals surface area contributed by atoms with Gasteiger partial charge in [-0.3, -0.25) is 9.59 Å². The highest BCUT2D eigenvalue weighted by atomic mass is 32.2. The zero-order chi connectivity index (χ0) is 11.5. The van der Waals surface area contributed by atoms with Crippen LogP contribution in [-0.4, -0.2) is 34.8 Å². The number of hydrogen-bond donors (Lipinski definition) is 0. The fourth-order valence-electron chi connectivity index (χ4n) is 1.60. The summed E-state index contributed by atoms with van der Waals surface area (Å²) in [5.41, 5.74) is 1.31. The summed E-state index contributed by atoms with van der Waals surface area (Å²) in [7, 11) is 0. The molecule has 0 radical (unpaired) electrons. The van der Waals surface area contributed by atoms with Crippen LogP contribution in [0.4, 0.5) is 0 Å². The smallest absolute Gasteiger partial charge is 0.254 e. The minimum atomic E-state index is 0.0238. The molecule has 1 heterocycles. The van der Waals surface area contributed by atoms with Gasteiger partial charge in [0.2, 0.25) is 0 Å². The highest BCUT2D eigenvalue weighted by Gasteiger charge is 2.19. The summed E-state index contributed by atoms with van der Waals surface area (Å²) < 4.78 is 0. The summed E-state index contributed by atoms with van der Waals surface area (Å²) >= 11 is 1.76. The number of hydrogen-bond acceptors (Lipinski definition) is 3. The van der Waals surface area contributed by atoms with Crippen LogP contribution in [0.25, 0.3) is 0 Å². The molecule has 84 valence electrons. The molecule has 0 aromatic heterocycles. The van der Waals surface area contributed by atoms with Gasteiger partial charge >= 0.3 is 0 Å². The average Bonchev–Trinajstić information content (AvgIpc) is 2.81. The van der Waals surface area contributed by atoms with Crippen molar-refractivity contribution >= 4 is 23.5 Å². The number of thioether (sulfide) groups is 1. The lowest BCUT2D eigenvalue weighted by Gasteiger charge is -2.14. The van der Waals surface area contributed by atoms with E-state index in [4.69, 9.17) is 0 Å². The van der Waals surface area contributed by atoms with Crippen molar-refractivity contribution < 1.29 is 9.59 Å². The van der Waals surface area contributed by atoms with Crippen LogP contribution in [0, 0.1) is 0 Å². The van der Waals surface area contributed by atoms with Crippen LogP contribution in [0.3, 0.4) is 0 Å². The van der Waals surface area contributed by atoms with Crippen LogP contribution >= 0.6 is 11.8 Å². The van der Waals surface area contributed by atoms with Crippen molar-refractivity contribution in [2.75, 3.05) is 18.2 Å². The molecule has 0 unspecified atom stereocenters. The lowest BCUT2D eigenvalue weighted by atomic mass is 10.1. The molecule has 16 heavy (non-hydrogen) atoms. The second kappa shape index (κ2) is 4.70. The third-order valence-corrected chi connectivity index (χ3v) is 3.54. The van der Waals surface area contributed by atoms with Crippen molar-refractivity contribution in [3.8, 4) is 0 Å². The number of carbonyl (C=O) groups excluding carboxylic acids is 2. The van der Waals surface area contributed by atoms with Gasteiger partial charge in [0.15, 0.2) is 5.78 Å². The van der Waals surface area contributed by atoms with E-state index in [1.807, 2.05) is 4.90 Å². The molecular formula is C12H13NO2S. The van der Waals surface area contributed by atoms with Crippen molar-refractivity contribution in [2.24, 2.45) is 0 Å². The van der Waals surface area contributed by atoms with Crippen LogP contribution in [0.5, 0.6) is 0 Å². The van der Waals surface area contributed by atoms with E-state index in [0.717, 1.165) is 18.2 Å². The van der Waals surface area contributed by atoms with E-state index in [9.17, 15) is 9.59 Å². The number of benzene rings is 1.